The third kappa shape index (κ3) is 3.00. The number of carbonyl (C=O) groups excluding carboxylic acids is 1. The van der Waals surface area contributed by atoms with E-state index in [0.29, 0.717) is 5.69 Å². The molecule has 1 N–H and O–H groups in total. The van der Waals surface area contributed by atoms with Gasteiger partial charge in [0, 0.05) is 5.69 Å². The second-order valence-corrected chi connectivity index (χ2v) is 6.55. The van der Waals surface area contributed by atoms with Crippen LogP contribution in [0.4, 0.5) is 10.1 Å². The molecule has 0 aliphatic heterocycles. The predicted octanol–water partition coefficient (Wildman–Crippen LogP) is 4.47. The van der Waals surface area contributed by atoms with E-state index in [-0.39, 0.29) is 24.3 Å². The van der Waals surface area contributed by atoms with Crippen LogP contribution in [0.15, 0.2) is 72.8 Å². The first kappa shape index (κ1) is 16.5. The van der Waals surface area contributed by atoms with Crippen molar-refractivity contribution in [3.05, 3.63) is 89.7 Å². The summed E-state index contributed by atoms with van der Waals surface area (Å²) in [5.74, 6) is -0.444. The number of hydrogen-bond acceptors (Lipinski definition) is 2. The van der Waals surface area contributed by atoms with E-state index in [4.69, 9.17) is 0 Å². The molecule has 1 amide bonds. The molecule has 0 aromatic heterocycles. The van der Waals surface area contributed by atoms with Crippen LogP contribution in [0.3, 0.4) is 0 Å². The van der Waals surface area contributed by atoms with Gasteiger partial charge in [-0.25, -0.2) is 4.39 Å². The monoisotopic (exact) mass is 346 g/mol. The van der Waals surface area contributed by atoms with Gasteiger partial charge >= 0.3 is 0 Å². The highest BCUT2D eigenvalue weighted by atomic mass is 19.1. The number of fused-ring (bicyclic) bond motifs is 3. The van der Waals surface area contributed by atoms with E-state index in [0.717, 1.165) is 0 Å². The molecule has 0 saturated carbocycles. The van der Waals surface area contributed by atoms with Gasteiger partial charge in [0.15, 0.2) is 0 Å². The molecule has 3 aromatic carbocycles. The van der Waals surface area contributed by atoms with Gasteiger partial charge in [-0.15, -0.1) is 0 Å². The zero-order valence-corrected chi connectivity index (χ0v) is 14.4. The Morgan fingerprint density at radius 3 is 2.04 bits per heavy atom. The summed E-state index contributed by atoms with van der Waals surface area (Å²) in [6.45, 7) is 0.241. The van der Waals surface area contributed by atoms with Gasteiger partial charge in [0.05, 0.1) is 12.6 Å². The molecule has 0 spiro atoms. The Labute approximate surface area is 152 Å². The molecule has 130 valence electrons. The highest BCUT2D eigenvalue weighted by Gasteiger charge is 2.31. The maximum Gasteiger partial charge on any atom is 0.238 e. The van der Waals surface area contributed by atoms with Crippen LogP contribution in [0.2, 0.25) is 0 Å². The first-order chi connectivity index (χ1) is 12.6. The molecular weight excluding hydrogens is 327 g/mol. The van der Waals surface area contributed by atoms with Crippen LogP contribution < -0.4 is 5.32 Å². The van der Waals surface area contributed by atoms with Gasteiger partial charge in [0.1, 0.15) is 5.82 Å². The second-order valence-electron chi connectivity index (χ2n) is 6.55. The van der Waals surface area contributed by atoms with Crippen LogP contribution in [-0.2, 0) is 4.79 Å². The first-order valence-electron chi connectivity index (χ1n) is 8.57. The molecule has 0 saturated heterocycles. The summed E-state index contributed by atoms with van der Waals surface area (Å²) >= 11 is 0. The Morgan fingerprint density at radius 1 is 0.923 bits per heavy atom. The van der Waals surface area contributed by atoms with Crippen molar-refractivity contribution < 1.29 is 9.18 Å². The molecule has 1 aliphatic rings. The number of amides is 1. The summed E-state index contributed by atoms with van der Waals surface area (Å²) in [6.07, 6.45) is 0. The fraction of sp³-hybridized carbons (Fsp3) is 0.136. The first-order valence-corrected chi connectivity index (χ1v) is 8.57. The van der Waals surface area contributed by atoms with Crippen molar-refractivity contribution in [2.24, 2.45) is 0 Å². The number of carbonyl (C=O) groups is 1. The summed E-state index contributed by atoms with van der Waals surface area (Å²) in [6, 6.07) is 22.5. The molecule has 0 bridgehead atoms. The molecule has 3 aromatic rings. The van der Waals surface area contributed by atoms with Crippen LogP contribution in [0.1, 0.15) is 17.2 Å². The van der Waals surface area contributed by atoms with Gasteiger partial charge in [0.2, 0.25) is 5.91 Å². The number of nitrogens with one attached hydrogen (secondary N) is 1. The number of halogens is 1. The van der Waals surface area contributed by atoms with Crippen LogP contribution in [0.5, 0.6) is 0 Å². The van der Waals surface area contributed by atoms with Gasteiger partial charge in [-0.2, -0.15) is 0 Å². The number of hydrogen-bond donors (Lipinski definition) is 1. The van der Waals surface area contributed by atoms with E-state index in [9.17, 15) is 9.18 Å². The van der Waals surface area contributed by atoms with Gasteiger partial charge in [-0.05, 0) is 53.6 Å². The van der Waals surface area contributed by atoms with Crippen molar-refractivity contribution in [3.63, 3.8) is 0 Å². The van der Waals surface area contributed by atoms with Gasteiger partial charge in [-0.1, -0.05) is 48.5 Å². The van der Waals surface area contributed by atoms with E-state index in [1.807, 2.05) is 36.2 Å². The van der Waals surface area contributed by atoms with Crippen molar-refractivity contribution in [1.29, 1.82) is 0 Å². The van der Waals surface area contributed by atoms with Crippen LogP contribution in [-0.4, -0.2) is 24.4 Å². The number of rotatable bonds is 4. The summed E-state index contributed by atoms with van der Waals surface area (Å²) in [5.41, 5.74) is 5.46. The Bertz CT molecular complexity index is 907. The lowest BCUT2D eigenvalue weighted by molar-refractivity contribution is -0.117. The molecule has 26 heavy (non-hydrogen) atoms. The minimum absolute atomic E-state index is 0.0429. The molecule has 0 radical (unpaired) electrons. The lowest BCUT2D eigenvalue weighted by atomic mass is 10.0. The maximum atomic E-state index is 13.0. The van der Waals surface area contributed by atoms with E-state index in [2.05, 4.69) is 29.6 Å². The average Bonchev–Trinajstić information content (AvgIpc) is 2.98. The van der Waals surface area contributed by atoms with Crippen molar-refractivity contribution >= 4 is 11.6 Å². The maximum absolute atomic E-state index is 13.0. The summed E-state index contributed by atoms with van der Waals surface area (Å²) in [5, 5.41) is 2.82. The fourth-order valence-corrected chi connectivity index (χ4v) is 3.66. The molecule has 4 rings (SSSR count). The molecule has 1 aliphatic carbocycles. The molecule has 0 unspecified atom stereocenters. The summed E-state index contributed by atoms with van der Waals surface area (Å²) < 4.78 is 13.0. The normalized spacial score (nSPS) is 12.7. The van der Waals surface area contributed by atoms with Crippen molar-refractivity contribution in [3.8, 4) is 11.1 Å². The largest absolute Gasteiger partial charge is 0.325 e. The zero-order valence-electron chi connectivity index (χ0n) is 14.4. The van der Waals surface area contributed by atoms with Gasteiger partial charge in [0.25, 0.3) is 0 Å². The number of nitrogens with zero attached hydrogens (tertiary/aromatic N) is 1. The topological polar surface area (TPSA) is 32.3 Å². The minimum atomic E-state index is -0.320. The van der Waals surface area contributed by atoms with E-state index >= 15 is 0 Å². The van der Waals surface area contributed by atoms with Crippen LogP contribution in [0.25, 0.3) is 11.1 Å². The second kappa shape index (κ2) is 6.73. The number of anilines is 1. The average molecular weight is 346 g/mol. The minimum Gasteiger partial charge on any atom is -0.325 e. The van der Waals surface area contributed by atoms with Crippen LogP contribution in [0, 0.1) is 5.82 Å². The molecule has 4 heteroatoms. The fourth-order valence-electron chi connectivity index (χ4n) is 3.66. The third-order valence-electron chi connectivity index (χ3n) is 4.76. The smallest absolute Gasteiger partial charge is 0.238 e. The standard InChI is InChI=1S/C22H19FN2O/c1-25(14-21(26)24-16-12-10-15(23)11-13-16)22-19-8-4-2-6-17(19)18-7-3-5-9-20(18)22/h2-13,22H,14H2,1H3,(H,24,26). The van der Waals surface area contributed by atoms with Gasteiger partial charge < -0.3 is 5.32 Å². The quantitative estimate of drug-likeness (QED) is 0.756. The molecule has 0 heterocycles. The van der Waals surface area contributed by atoms with Crippen molar-refractivity contribution in [2.75, 3.05) is 18.9 Å². The zero-order chi connectivity index (χ0) is 18.1. The Balaban J connectivity index is 1.55. The van der Waals surface area contributed by atoms with E-state index < -0.39 is 0 Å². The highest BCUT2D eigenvalue weighted by molar-refractivity contribution is 5.92. The van der Waals surface area contributed by atoms with E-state index in [1.165, 1.54) is 34.4 Å². The lowest BCUT2D eigenvalue weighted by Crippen LogP contribution is -2.33. The van der Waals surface area contributed by atoms with Crippen molar-refractivity contribution in [1.82, 2.24) is 4.90 Å². The highest BCUT2D eigenvalue weighted by Crippen LogP contribution is 2.45. The number of benzene rings is 3. The SMILES string of the molecule is CN(CC(=O)Nc1ccc(F)cc1)C1c2ccccc2-c2ccccc21. The van der Waals surface area contributed by atoms with Crippen LogP contribution >= 0.6 is 0 Å². The Hall–Kier alpha value is -2.98. The third-order valence-corrected chi connectivity index (χ3v) is 4.76. The van der Waals surface area contributed by atoms with Crippen molar-refractivity contribution in [2.45, 2.75) is 6.04 Å². The summed E-state index contributed by atoms with van der Waals surface area (Å²) in [4.78, 5) is 14.5. The Kier molecular flexibility index (Phi) is 4.27. The predicted molar refractivity (Wildman–Crippen MR) is 101 cm³/mol. The van der Waals surface area contributed by atoms with Gasteiger partial charge in [-0.3, -0.25) is 9.69 Å². The molecular formula is C22H19FN2O. The Morgan fingerprint density at radius 2 is 1.46 bits per heavy atom. The molecule has 3 nitrogen and oxygen atoms in total. The molecule has 0 fully saturated rings. The van der Waals surface area contributed by atoms with E-state index in [1.54, 1.807) is 12.1 Å². The molecule has 0 atom stereocenters. The summed E-state index contributed by atoms with van der Waals surface area (Å²) in [7, 11) is 1.95. The number of likely N-dealkylation sites (N-methyl/N-ethyl adjacent to an activating group) is 1. The lowest BCUT2D eigenvalue weighted by Gasteiger charge is -2.25.